The van der Waals surface area contributed by atoms with Crippen molar-refractivity contribution in [1.82, 2.24) is 5.32 Å². The van der Waals surface area contributed by atoms with Gasteiger partial charge in [0.25, 0.3) is 0 Å². The van der Waals surface area contributed by atoms with Crippen molar-refractivity contribution in [3.63, 3.8) is 0 Å². The molecule has 0 aromatic rings. The Bertz CT molecular complexity index is 137. The van der Waals surface area contributed by atoms with Crippen molar-refractivity contribution in [2.75, 3.05) is 6.54 Å². The van der Waals surface area contributed by atoms with Crippen LogP contribution in [0.5, 0.6) is 0 Å². The largest absolute Gasteiger partial charge is 0.314 e. The van der Waals surface area contributed by atoms with Gasteiger partial charge >= 0.3 is 0 Å². The molecule has 0 amide bonds. The fraction of sp³-hybridized carbons (Fsp3) is 0.800. The maximum atomic E-state index is 3.62. The summed E-state index contributed by atoms with van der Waals surface area (Å²) in [6.45, 7) is 1.25. The molecule has 1 aliphatic carbocycles. The van der Waals surface area contributed by atoms with Gasteiger partial charge in [-0.15, -0.1) is 0 Å². The van der Waals surface area contributed by atoms with E-state index in [1.807, 2.05) is 0 Å². The molecular formula is C10H17N. The fourth-order valence-corrected chi connectivity index (χ4v) is 2.25. The second-order valence-electron chi connectivity index (χ2n) is 3.76. The molecule has 1 unspecified atom stereocenters. The van der Waals surface area contributed by atoms with Crippen molar-refractivity contribution in [1.29, 1.82) is 0 Å². The number of piperidine rings is 1. The summed E-state index contributed by atoms with van der Waals surface area (Å²) in [6.07, 6.45) is 11.5. The predicted molar refractivity (Wildman–Crippen MR) is 47.5 cm³/mol. The molecular weight excluding hydrogens is 134 g/mol. The molecule has 0 spiro atoms. The highest BCUT2D eigenvalue weighted by molar-refractivity contribution is 4.98. The third-order valence-electron chi connectivity index (χ3n) is 2.96. The van der Waals surface area contributed by atoms with Gasteiger partial charge in [-0.1, -0.05) is 18.6 Å². The standard InChI is InChI=1S/C10H17N/c1-2-6-9(5-1)10-7-3-4-8-11-10/h1-2,9-11H,3-8H2. The minimum Gasteiger partial charge on any atom is -0.314 e. The maximum absolute atomic E-state index is 3.62. The molecule has 1 heterocycles. The zero-order valence-electron chi connectivity index (χ0n) is 7.05. The zero-order chi connectivity index (χ0) is 7.52. The van der Waals surface area contributed by atoms with Crippen LogP contribution in [-0.4, -0.2) is 12.6 Å². The van der Waals surface area contributed by atoms with Crippen LogP contribution in [0.3, 0.4) is 0 Å². The molecule has 1 saturated heterocycles. The van der Waals surface area contributed by atoms with Crippen LogP contribution in [0, 0.1) is 5.92 Å². The fourth-order valence-electron chi connectivity index (χ4n) is 2.25. The van der Waals surface area contributed by atoms with Crippen LogP contribution in [0.25, 0.3) is 0 Å². The number of hydrogen-bond acceptors (Lipinski definition) is 1. The van der Waals surface area contributed by atoms with Gasteiger partial charge in [0, 0.05) is 6.04 Å². The third-order valence-corrected chi connectivity index (χ3v) is 2.96. The molecule has 62 valence electrons. The van der Waals surface area contributed by atoms with Crippen LogP contribution in [0.1, 0.15) is 32.1 Å². The van der Waals surface area contributed by atoms with E-state index in [2.05, 4.69) is 17.5 Å². The van der Waals surface area contributed by atoms with Crippen LogP contribution in [0.15, 0.2) is 12.2 Å². The van der Waals surface area contributed by atoms with E-state index in [0.717, 1.165) is 12.0 Å². The van der Waals surface area contributed by atoms with Crippen molar-refractivity contribution >= 4 is 0 Å². The van der Waals surface area contributed by atoms with Crippen molar-refractivity contribution in [3.8, 4) is 0 Å². The average molecular weight is 151 g/mol. The second-order valence-corrected chi connectivity index (χ2v) is 3.76. The molecule has 2 rings (SSSR count). The summed E-state index contributed by atoms with van der Waals surface area (Å²) in [5.74, 6) is 0.926. The summed E-state index contributed by atoms with van der Waals surface area (Å²) in [7, 11) is 0. The number of hydrogen-bond donors (Lipinski definition) is 1. The van der Waals surface area contributed by atoms with Crippen LogP contribution in [-0.2, 0) is 0 Å². The Morgan fingerprint density at radius 3 is 2.55 bits per heavy atom. The molecule has 0 aromatic heterocycles. The molecule has 2 aliphatic rings. The Balaban J connectivity index is 1.83. The average Bonchev–Trinajstić information content (AvgIpc) is 2.58. The molecule has 1 aliphatic heterocycles. The van der Waals surface area contributed by atoms with Crippen molar-refractivity contribution in [2.45, 2.75) is 38.1 Å². The summed E-state index contributed by atoms with van der Waals surface area (Å²) in [5.41, 5.74) is 0. The predicted octanol–water partition coefficient (Wildman–Crippen LogP) is 2.09. The highest BCUT2D eigenvalue weighted by Crippen LogP contribution is 2.25. The molecule has 0 aromatic carbocycles. The van der Waals surface area contributed by atoms with E-state index < -0.39 is 0 Å². The van der Waals surface area contributed by atoms with Crippen LogP contribution >= 0.6 is 0 Å². The molecule has 1 nitrogen and oxygen atoms in total. The Hall–Kier alpha value is -0.300. The highest BCUT2D eigenvalue weighted by Gasteiger charge is 2.22. The Morgan fingerprint density at radius 2 is 1.91 bits per heavy atom. The van der Waals surface area contributed by atoms with Crippen molar-refractivity contribution < 1.29 is 0 Å². The van der Waals surface area contributed by atoms with Gasteiger partial charge < -0.3 is 5.32 Å². The Kier molecular flexibility index (Phi) is 2.27. The molecule has 1 heteroatoms. The summed E-state index contributed by atoms with van der Waals surface area (Å²) >= 11 is 0. The van der Waals surface area contributed by atoms with E-state index in [-0.39, 0.29) is 0 Å². The lowest BCUT2D eigenvalue weighted by Gasteiger charge is -2.28. The topological polar surface area (TPSA) is 12.0 Å². The van der Waals surface area contributed by atoms with E-state index >= 15 is 0 Å². The minimum absolute atomic E-state index is 0.832. The van der Waals surface area contributed by atoms with E-state index in [9.17, 15) is 0 Å². The molecule has 0 radical (unpaired) electrons. The van der Waals surface area contributed by atoms with E-state index in [4.69, 9.17) is 0 Å². The lowest BCUT2D eigenvalue weighted by molar-refractivity contribution is 0.304. The van der Waals surface area contributed by atoms with Crippen molar-refractivity contribution in [3.05, 3.63) is 12.2 Å². The Morgan fingerprint density at radius 1 is 1.09 bits per heavy atom. The summed E-state index contributed by atoms with van der Waals surface area (Å²) in [4.78, 5) is 0. The normalized spacial score (nSPS) is 32.9. The van der Waals surface area contributed by atoms with E-state index in [0.29, 0.717) is 0 Å². The van der Waals surface area contributed by atoms with Gasteiger partial charge in [-0.3, -0.25) is 0 Å². The SMILES string of the molecule is C1=CCC(C2CCCCN2)C1. The molecule has 0 saturated carbocycles. The minimum atomic E-state index is 0.832. The van der Waals surface area contributed by atoms with Crippen LogP contribution in [0.2, 0.25) is 0 Å². The first-order valence-corrected chi connectivity index (χ1v) is 4.85. The van der Waals surface area contributed by atoms with E-state index in [1.165, 1.54) is 38.6 Å². The van der Waals surface area contributed by atoms with Gasteiger partial charge in [-0.2, -0.15) is 0 Å². The number of rotatable bonds is 1. The molecule has 0 bridgehead atoms. The summed E-state index contributed by atoms with van der Waals surface area (Å²) in [6, 6.07) is 0.832. The highest BCUT2D eigenvalue weighted by atomic mass is 14.9. The molecule has 1 N–H and O–H groups in total. The van der Waals surface area contributed by atoms with Gasteiger partial charge in [-0.05, 0) is 38.1 Å². The Labute approximate surface area is 68.9 Å². The van der Waals surface area contributed by atoms with Gasteiger partial charge in [0.05, 0.1) is 0 Å². The number of allylic oxidation sites excluding steroid dienone is 2. The number of nitrogens with one attached hydrogen (secondary N) is 1. The van der Waals surface area contributed by atoms with Crippen LogP contribution in [0.4, 0.5) is 0 Å². The molecule has 1 fully saturated rings. The zero-order valence-corrected chi connectivity index (χ0v) is 7.05. The van der Waals surface area contributed by atoms with Gasteiger partial charge in [0.2, 0.25) is 0 Å². The molecule has 1 atom stereocenters. The van der Waals surface area contributed by atoms with Gasteiger partial charge in [0.15, 0.2) is 0 Å². The quantitative estimate of drug-likeness (QED) is 0.566. The van der Waals surface area contributed by atoms with Gasteiger partial charge in [-0.25, -0.2) is 0 Å². The summed E-state index contributed by atoms with van der Waals surface area (Å²) in [5, 5.41) is 3.62. The van der Waals surface area contributed by atoms with Gasteiger partial charge in [0.1, 0.15) is 0 Å². The molecule has 11 heavy (non-hydrogen) atoms. The van der Waals surface area contributed by atoms with E-state index in [1.54, 1.807) is 0 Å². The lowest BCUT2D eigenvalue weighted by atomic mass is 9.90. The first kappa shape index (κ1) is 7.35. The first-order valence-electron chi connectivity index (χ1n) is 4.85. The maximum Gasteiger partial charge on any atom is 0.0101 e. The van der Waals surface area contributed by atoms with Crippen molar-refractivity contribution in [2.24, 2.45) is 5.92 Å². The third kappa shape index (κ3) is 1.64. The smallest absolute Gasteiger partial charge is 0.0101 e. The monoisotopic (exact) mass is 151 g/mol. The lowest BCUT2D eigenvalue weighted by Crippen LogP contribution is -2.39. The first-order chi connectivity index (χ1) is 5.47. The second kappa shape index (κ2) is 3.40. The van der Waals surface area contributed by atoms with Crippen LogP contribution < -0.4 is 5.32 Å². The summed E-state index contributed by atoms with van der Waals surface area (Å²) < 4.78 is 0.